The summed E-state index contributed by atoms with van der Waals surface area (Å²) in [5, 5.41) is 72.3. The van der Waals surface area contributed by atoms with Crippen LogP contribution in [-0.2, 0) is 94.4 Å². The first-order valence-electron chi connectivity index (χ1n) is 36.9. The Hall–Kier alpha value is -12.7. The summed E-state index contributed by atoms with van der Waals surface area (Å²) in [6.45, 7) is -1.37. The standard InChI is InChI=1S/C76H93N19O17/c77-50(16-8-26-81-76(78)79)65(101)86-55(35-64(99)100)66(102)84-39-63(98)93-27-9-19-60(93)70(106)89-56(31-42-12-2-1-3-13-42)73(109)94-28-11-21-62(94)72(108)90-57(33-45-37-83-52-18-7-5-15-49(45)52)74(110)95-29-10-20-61(95)71(107)88-54(32-44-36-82-51-17-6-4-14-48(44)51)68(104)87-53(30-43-22-24-47(97)25-23-43)67(103)92-59(40-96)69(105)91-58(75(111)112)34-46-38-80-41-85-46/h1-7,12-15,17-18,22-25,36-38,41,50,53-62,82-83,96-97H,8-11,16,19-21,26-35,39-40,77H2,(H,80,85)(H,84,102)(H,86,101)(H,87,104)(H,88,107)(H,89,106)(H,90,108)(H,91,105)(H,92,103)(H,99,100)(H,111,112)(H4,78,79,81)/t50-,53-,54-,55-,56-,57-,58-,59-,60-,61-,62-/m0/s1. The van der Waals surface area contributed by atoms with E-state index in [1.807, 2.05) is 18.2 Å². The SMILES string of the molecule is N=C(N)NCCC[C@H](N)C(=O)N[C@@H](CC(=O)O)C(=O)NCC(=O)N1CCC[C@H]1C(=O)N[C@@H](Cc1ccccc1)C(=O)N1CCC[C@H]1C(=O)N[C@@H](Cc1c[nH]c2ccccc12)C(=O)N1CCC[C@H]1C(=O)N[C@@H](Cc1c[nH]c2ccccc12)C(=O)N[C@@H](Cc1ccc(O)cc1)C(=O)N[C@@H](CO)C(=O)N[C@@H](Cc1c[nH]cn1)C(=O)O. The lowest BCUT2D eigenvalue weighted by Gasteiger charge is -2.33. The van der Waals surface area contributed by atoms with E-state index in [4.69, 9.17) is 16.9 Å². The minimum atomic E-state index is -1.75. The number of carbonyl (C=O) groups excluding carboxylic acids is 11. The maximum Gasteiger partial charge on any atom is 0.326 e. The van der Waals surface area contributed by atoms with Crippen molar-refractivity contribution in [2.24, 2.45) is 11.5 Å². The van der Waals surface area contributed by atoms with Gasteiger partial charge < -0.3 is 109 Å². The van der Waals surface area contributed by atoms with Crippen molar-refractivity contribution >= 4 is 105 Å². The highest BCUT2D eigenvalue weighted by molar-refractivity contribution is 6.01. The van der Waals surface area contributed by atoms with Crippen molar-refractivity contribution in [2.75, 3.05) is 39.3 Å². The van der Waals surface area contributed by atoms with Crippen molar-refractivity contribution in [1.82, 2.24) is 82.5 Å². The number of H-pyrrole nitrogens is 3. The van der Waals surface area contributed by atoms with Crippen LogP contribution in [0, 0.1) is 5.41 Å². The number of aromatic nitrogens is 4. The third-order valence-electron chi connectivity index (χ3n) is 20.1. The Morgan fingerprint density at radius 1 is 0.518 bits per heavy atom. The number of benzene rings is 4. The first-order chi connectivity index (χ1) is 53.8. The van der Waals surface area contributed by atoms with E-state index in [1.54, 1.807) is 73.1 Å². The molecule has 594 valence electrons. The number of aliphatic carboxylic acids is 2. The van der Waals surface area contributed by atoms with Crippen LogP contribution in [0.2, 0.25) is 0 Å². The Balaban J connectivity index is 0.855. The van der Waals surface area contributed by atoms with Crippen LogP contribution < -0.4 is 59.3 Å². The lowest BCUT2D eigenvalue weighted by Crippen LogP contribution is -2.61. The molecular formula is C76H93N19O17. The second-order valence-corrected chi connectivity index (χ2v) is 27.9. The van der Waals surface area contributed by atoms with Crippen LogP contribution in [0.5, 0.6) is 5.75 Å². The van der Waals surface area contributed by atoms with Gasteiger partial charge in [0.05, 0.1) is 37.6 Å². The number of guanidine groups is 1. The summed E-state index contributed by atoms with van der Waals surface area (Å²) in [6, 6.07) is 13.3. The van der Waals surface area contributed by atoms with Gasteiger partial charge in [-0.1, -0.05) is 78.9 Å². The number of nitrogens with one attached hydrogen (secondary N) is 13. The number of nitrogens with zero attached hydrogens (tertiary/aromatic N) is 4. The van der Waals surface area contributed by atoms with E-state index in [-0.39, 0.29) is 95.7 Å². The molecule has 0 spiro atoms. The number of aliphatic hydroxyl groups is 1. The molecule has 3 aliphatic rings. The second kappa shape index (κ2) is 38.6. The van der Waals surface area contributed by atoms with Crippen molar-refractivity contribution in [3.8, 4) is 5.75 Å². The number of carbonyl (C=O) groups is 13. The molecule has 0 saturated carbocycles. The lowest BCUT2D eigenvalue weighted by molar-refractivity contribution is -0.145. The van der Waals surface area contributed by atoms with E-state index in [2.05, 4.69) is 67.8 Å². The third kappa shape index (κ3) is 21.6. The molecule has 11 atom stereocenters. The molecule has 0 aliphatic carbocycles. The average molecular weight is 1540 g/mol. The zero-order valence-corrected chi connectivity index (χ0v) is 61.2. The number of hydrogen-bond donors (Lipinski definition) is 19. The van der Waals surface area contributed by atoms with Crippen LogP contribution in [0.1, 0.15) is 85.7 Å². The molecule has 0 unspecified atom stereocenters. The van der Waals surface area contributed by atoms with Crippen molar-refractivity contribution < 1.29 is 82.8 Å². The molecule has 11 amide bonds. The monoisotopic (exact) mass is 1540 g/mol. The zero-order chi connectivity index (χ0) is 80.1. The highest BCUT2D eigenvalue weighted by atomic mass is 16.4. The summed E-state index contributed by atoms with van der Waals surface area (Å²) >= 11 is 0. The number of hydrogen-bond acceptors (Lipinski definition) is 18. The third-order valence-corrected chi connectivity index (χ3v) is 20.1. The molecule has 3 saturated heterocycles. The van der Waals surface area contributed by atoms with E-state index in [0.29, 0.717) is 64.5 Å². The van der Waals surface area contributed by atoms with E-state index in [1.165, 1.54) is 51.5 Å². The van der Waals surface area contributed by atoms with Gasteiger partial charge in [0.2, 0.25) is 65.0 Å². The molecule has 0 bridgehead atoms. The number of aromatic hydroxyl groups is 1. The number of likely N-dealkylation sites (tertiary alicyclic amines) is 3. The Labute approximate surface area is 641 Å². The van der Waals surface area contributed by atoms with Gasteiger partial charge in [0.1, 0.15) is 66.2 Å². The number of aromatic amines is 3. The number of imidazole rings is 1. The number of nitrogens with two attached hydrogens (primary N) is 2. The van der Waals surface area contributed by atoms with Gasteiger partial charge in [-0.05, 0) is 97.9 Å². The van der Waals surface area contributed by atoms with Gasteiger partial charge in [0.25, 0.3) is 0 Å². The molecule has 6 heterocycles. The van der Waals surface area contributed by atoms with Crippen molar-refractivity contribution in [3.63, 3.8) is 0 Å². The highest BCUT2D eigenvalue weighted by Crippen LogP contribution is 2.28. The van der Waals surface area contributed by atoms with Crippen LogP contribution in [0.15, 0.2) is 128 Å². The van der Waals surface area contributed by atoms with Crippen LogP contribution in [0.25, 0.3) is 21.8 Å². The van der Waals surface area contributed by atoms with Gasteiger partial charge in [0.15, 0.2) is 5.96 Å². The van der Waals surface area contributed by atoms with Crippen LogP contribution in [-0.4, -0.2) is 244 Å². The molecule has 36 nitrogen and oxygen atoms in total. The molecule has 3 aliphatic heterocycles. The first kappa shape index (κ1) is 81.8. The fraction of sp³-hybridized carbons (Fsp3) is 0.408. The number of carboxylic acid groups (broad SMARTS) is 2. The van der Waals surface area contributed by atoms with Crippen LogP contribution >= 0.6 is 0 Å². The molecular weight excluding hydrogens is 1450 g/mol. The zero-order valence-electron chi connectivity index (χ0n) is 61.2. The summed E-state index contributed by atoms with van der Waals surface area (Å²) in [5.41, 5.74) is 15.2. The summed E-state index contributed by atoms with van der Waals surface area (Å²) < 4.78 is 0. The number of amides is 11. The largest absolute Gasteiger partial charge is 0.508 e. The topological polar surface area (TPSA) is 557 Å². The summed E-state index contributed by atoms with van der Waals surface area (Å²) in [7, 11) is 0. The number of fused-ring (bicyclic) bond motifs is 2. The second-order valence-electron chi connectivity index (χ2n) is 27.9. The smallest absolute Gasteiger partial charge is 0.326 e. The summed E-state index contributed by atoms with van der Waals surface area (Å²) in [5.74, 6) is -12.4. The number of carboxylic acids is 2. The molecule has 3 aromatic heterocycles. The Bertz CT molecular complexity index is 4550. The fourth-order valence-electron chi connectivity index (χ4n) is 14.3. The predicted molar refractivity (Wildman–Crippen MR) is 403 cm³/mol. The molecule has 112 heavy (non-hydrogen) atoms. The molecule has 21 N–H and O–H groups in total. The van der Waals surface area contributed by atoms with Gasteiger partial charge in [0, 0.05) is 98.7 Å². The van der Waals surface area contributed by atoms with Crippen molar-refractivity contribution in [1.29, 1.82) is 5.41 Å². The minimum Gasteiger partial charge on any atom is -0.508 e. The van der Waals surface area contributed by atoms with E-state index < -0.39 is 163 Å². The Morgan fingerprint density at radius 2 is 0.991 bits per heavy atom. The molecule has 0 radical (unpaired) electrons. The van der Waals surface area contributed by atoms with Crippen molar-refractivity contribution in [3.05, 3.63) is 156 Å². The average Bonchev–Trinajstić information content (AvgIpc) is 1.63. The van der Waals surface area contributed by atoms with Crippen LogP contribution in [0.4, 0.5) is 0 Å². The van der Waals surface area contributed by atoms with Gasteiger partial charge in [-0.3, -0.25) is 62.9 Å². The number of phenolic OH excluding ortho intramolecular Hbond substituents is 1. The normalized spacial score (nSPS) is 17.5. The maximum absolute atomic E-state index is 15.6. The van der Waals surface area contributed by atoms with Gasteiger partial charge in [-0.25, -0.2) is 9.78 Å². The predicted octanol–water partition coefficient (Wildman–Crippen LogP) is -1.78. The fourth-order valence-corrected chi connectivity index (χ4v) is 14.3. The lowest BCUT2D eigenvalue weighted by atomic mass is 10.0. The highest BCUT2D eigenvalue weighted by Gasteiger charge is 2.45. The van der Waals surface area contributed by atoms with E-state index in [9.17, 15) is 58.8 Å². The Morgan fingerprint density at radius 3 is 1.54 bits per heavy atom. The quantitative estimate of drug-likeness (QED) is 0.0116. The molecule has 36 heteroatoms. The van der Waals surface area contributed by atoms with Gasteiger partial charge in [-0.2, -0.15) is 0 Å². The van der Waals surface area contributed by atoms with Crippen LogP contribution in [0.3, 0.4) is 0 Å². The maximum atomic E-state index is 15.6. The Kier molecular flexibility index (Phi) is 28.2. The first-order valence-corrected chi connectivity index (χ1v) is 36.9. The number of rotatable bonds is 37. The number of para-hydroxylation sites is 2. The van der Waals surface area contributed by atoms with Gasteiger partial charge in [-0.15, -0.1) is 0 Å². The van der Waals surface area contributed by atoms with E-state index in [0.717, 1.165) is 10.9 Å². The number of aliphatic hydroxyl groups excluding tert-OH is 1. The molecule has 3 fully saturated rings. The summed E-state index contributed by atoms with van der Waals surface area (Å²) in [6.07, 6.45) is 6.03. The molecule has 10 rings (SSSR count). The van der Waals surface area contributed by atoms with Crippen molar-refractivity contribution in [2.45, 2.75) is 156 Å². The van der Waals surface area contributed by atoms with E-state index >= 15 is 24.0 Å². The number of phenols is 1. The summed E-state index contributed by atoms with van der Waals surface area (Å²) in [4.78, 5) is 201. The molecule has 4 aromatic carbocycles. The minimum absolute atomic E-state index is 0.0157. The van der Waals surface area contributed by atoms with Gasteiger partial charge >= 0.3 is 11.9 Å². The molecule has 7 aromatic rings.